The number of ether oxygens (including phenoxy) is 2. The summed E-state index contributed by atoms with van der Waals surface area (Å²) in [5.41, 5.74) is 0.521. The molecular formula is C23H16N2O8. The molecule has 2 aliphatic heterocycles. The summed E-state index contributed by atoms with van der Waals surface area (Å²) in [4.78, 5) is 37.6. The number of rotatable bonds is 5. The van der Waals surface area contributed by atoms with E-state index in [1.165, 1.54) is 35.4 Å². The molecule has 0 radical (unpaired) electrons. The number of hydrogen-bond donors (Lipinski definition) is 1. The summed E-state index contributed by atoms with van der Waals surface area (Å²) < 4.78 is 16.2. The SMILES string of the molecule is O=C1C(=O)N(Cc2ccc3c(c2)OCO3)C(c2ccco2)/C1=C(/O)c1ccc([N+](=O)[O-])cc1. The number of aliphatic hydroxyl groups excluding tert-OH is 1. The topological polar surface area (TPSA) is 132 Å². The predicted molar refractivity (Wildman–Crippen MR) is 112 cm³/mol. The molecule has 166 valence electrons. The molecule has 3 heterocycles. The van der Waals surface area contributed by atoms with Crippen LogP contribution in [-0.4, -0.2) is 33.4 Å². The van der Waals surface area contributed by atoms with Gasteiger partial charge >= 0.3 is 0 Å². The fraction of sp³-hybridized carbons (Fsp3) is 0.130. The van der Waals surface area contributed by atoms with Crippen molar-refractivity contribution in [2.75, 3.05) is 6.79 Å². The van der Waals surface area contributed by atoms with Gasteiger partial charge in [0.05, 0.1) is 16.8 Å². The molecule has 1 saturated heterocycles. The lowest BCUT2D eigenvalue weighted by molar-refractivity contribution is -0.384. The fourth-order valence-corrected chi connectivity index (χ4v) is 3.92. The molecule has 0 bridgehead atoms. The molecule has 1 unspecified atom stereocenters. The van der Waals surface area contributed by atoms with E-state index >= 15 is 0 Å². The molecule has 0 aliphatic carbocycles. The molecule has 1 amide bonds. The molecule has 1 N–H and O–H groups in total. The minimum absolute atomic E-state index is 0.0453. The van der Waals surface area contributed by atoms with Crippen LogP contribution in [0.1, 0.15) is 22.9 Å². The Kier molecular flexibility index (Phi) is 4.82. The van der Waals surface area contributed by atoms with Crippen molar-refractivity contribution in [3.63, 3.8) is 0 Å². The number of non-ortho nitro benzene ring substituents is 1. The van der Waals surface area contributed by atoms with E-state index in [0.29, 0.717) is 22.8 Å². The highest BCUT2D eigenvalue weighted by atomic mass is 16.7. The first kappa shape index (κ1) is 20.3. The maximum atomic E-state index is 13.0. The standard InChI is InChI=1S/C23H16N2O8/c26-21(14-4-6-15(7-5-14)25(29)30)19-20(17-2-1-9-31-17)24(23(28)22(19)27)11-13-3-8-16-18(10-13)33-12-32-16/h1-10,20,26H,11-12H2/b21-19-. The summed E-state index contributed by atoms with van der Waals surface area (Å²) in [5, 5.41) is 21.9. The highest BCUT2D eigenvalue weighted by Gasteiger charge is 2.47. The Morgan fingerprint density at radius 1 is 1.09 bits per heavy atom. The van der Waals surface area contributed by atoms with Crippen molar-refractivity contribution < 1.29 is 33.5 Å². The maximum absolute atomic E-state index is 13.0. The third-order valence-electron chi connectivity index (χ3n) is 5.49. The molecule has 5 rings (SSSR count). The van der Waals surface area contributed by atoms with E-state index in [2.05, 4.69) is 0 Å². The number of likely N-dealkylation sites (tertiary alicyclic amines) is 1. The van der Waals surface area contributed by atoms with Crippen LogP contribution in [0.15, 0.2) is 70.9 Å². The van der Waals surface area contributed by atoms with E-state index in [-0.39, 0.29) is 30.2 Å². The summed E-state index contributed by atoms with van der Waals surface area (Å²) in [6.07, 6.45) is 1.40. The highest BCUT2D eigenvalue weighted by Crippen LogP contribution is 2.41. The quantitative estimate of drug-likeness (QED) is 0.206. The second-order valence-corrected chi connectivity index (χ2v) is 7.43. The summed E-state index contributed by atoms with van der Waals surface area (Å²) >= 11 is 0. The highest BCUT2D eigenvalue weighted by molar-refractivity contribution is 6.46. The van der Waals surface area contributed by atoms with Crippen LogP contribution in [-0.2, 0) is 16.1 Å². The monoisotopic (exact) mass is 448 g/mol. The van der Waals surface area contributed by atoms with E-state index in [0.717, 1.165) is 0 Å². The van der Waals surface area contributed by atoms with Gasteiger partial charge in [-0.2, -0.15) is 0 Å². The number of furan rings is 1. The molecule has 10 nitrogen and oxygen atoms in total. The zero-order chi connectivity index (χ0) is 23.1. The molecule has 0 spiro atoms. The number of fused-ring (bicyclic) bond motifs is 1. The second kappa shape index (κ2) is 7.83. The van der Waals surface area contributed by atoms with E-state index in [4.69, 9.17) is 13.9 Å². The number of amides is 1. The van der Waals surface area contributed by atoms with Gasteiger partial charge in [-0.15, -0.1) is 0 Å². The van der Waals surface area contributed by atoms with E-state index in [1.54, 1.807) is 30.3 Å². The summed E-state index contributed by atoms with van der Waals surface area (Å²) in [6, 6.07) is 12.5. The second-order valence-electron chi connectivity index (χ2n) is 7.43. The zero-order valence-corrected chi connectivity index (χ0v) is 17.0. The summed E-state index contributed by atoms with van der Waals surface area (Å²) in [5.74, 6) is -0.729. The van der Waals surface area contributed by atoms with Crippen molar-refractivity contribution in [2.45, 2.75) is 12.6 Å². The van der Waals surface area contributed by atoms with Crippen LogP contribution in [0.4, 0.5) is 5.69 Å². The van der Waals surface area contributed by atoms with Crippen LogP contribution < -0.4 is 9.47 Å². The van der Waals surface area contributed by atoms with Crippen molar-refractivity contribution in [3.8, 4) is 11.5 Å². The van der Waals surface area contributed by atoms with Gasteiger partial charge in [0.1, 0.15) is 17.6 Å². The number of ketones is 1. The number of carbonyl (C=O) groups excluding carboxylic acids is 2. The molecule has 2 aromatic carbocycles. The van der Waals surface area contributed by atoms with Gasteiger partial charge in [0.25, 0.3) is 17.4 Å². The Bertz CT molecular complexity index is 1290. The average molecular weight is 448 g/mol. The van der Waals surface area contributed by atoms with Gasteiger partial charge in [-0.05, 0) is 42.0 Å². The molecule has 2 aliphatic rings. The third kappa shape index (κ3) is 3.47. The lowest BCUT2D eigenvalue weighted by atomic mass is 9.99. The number of Topliss-reactive ketones (excluding diaryl/α,β-unsaturated/α-hetero) is 1. The number of nitrogens with zero attached hydrogens (tertiary/aromatic N) is 2. The van der Waals surface area contributed by atoms with Gasteiger partial charge in [0.2, 0.25) is 6.79 Å². The van der Waals surface area contributed by atoms with E-state index in [1.807, 2.05) is 0 Å². The lowest BCUT2D eigenvalue weighted by Crippen LogP contribution is -2.29. The molecule has 1 aromatic heterocycles. The first-order valence-electron chi connectivity index (χ1n) is 9.89. The molecular weight excluding hydrogens is 432 g/mol. The van der Waals surface area contributed by atoms with Crippen molar-refractivity contribution in [1.29, 1.82) is 0 Å². The van der Waals surface area contributed by atoms with Crippen molar-refractivity contribution >= 4 is 23.1 Å². The molecule has 33 heavy (non-hydrogen) atoms. The Hall–Kier alpha value is -4.60. The lowest BCUT2D eigenvalue weighted by Gasteiger charge is -2.23. The summed E-state index contributed by atoms with van der Waals surface area (Å²) in [7, 11) is 0. The normalized spacial score (nSPS) is 18.7. The van der Waals surface area contributed by atoms with E-state index < -0.39 is 28.4 Å². The average Bonchev–Trinajstić information content (AvgIpc) is 3.55. The predicted octanol–water partition coefficient (Wildman–Crippen LogP) is 3.54. The first-order valence-corrected chi connectivity index (χ1v) is 9.89. The van der Waals surface area contributed by atoms with Gasteiger partial charge in [-0.3, -0.25) is 19.7 Å². The Labute approximate surface area is 186 Å². The van der Waals surface area contributed by atoms with Crippen LogP contribution in [0.3, 0.4) is 0 Å². The van der Waals surface area contributed by atoms with Crippen LogP contribution in [0, 0.1) is 10.1 Å². The third-order valence-corrected chi connectivity index (χ3v) is 5.49. The number of nitro benzene ring substituents is 1. The van der Waals surface area contributed by atoms with Crippen LogP contribution >= 0.6 is 0 Å². The minimum atomic E-state index is -0.986. The number of benzene rings is 2. The summed E-state index contributed by atoms with van der Waals surface area (Å²) in [6.45, 7) is 0.147. The van der Waals surface area contributed by atoms with Crippen molar-refractivity contribution in [2.24, 2.45) is 0 Å². The fourth-order valence-electron chi connectivity index (χ4n) is 3.92. The number of nitro groups is 1. The number of carbonyl (C=O) groups is 2. The van der Waals surface area contributed by atoms with Crippen LogP contribution in [0.2, 0.25) is 0 Å². The van der Waals surface area contributed by atoms with Gasteiger partial charge in [0.15, 0.2) is 11.5 Å². The minimum Gasteiger partial charge on any atom is -0.507 e. The number of aliphatic hydroxyl groups is 1. The molecule has 3 aromatic rings. The Balaban J connectivity index is 1.56. The van der Waals surface area contributed by atoms with Crippen molar-refractivity contribution in [3.05, 3.63) is 93.4 Å². The van der Waals surface area contributed by atoms with Crippen LogP contribution in [0.25, 0.3) is 5.76 Å². The molecule has 1 atom stereocenters. The van der Waals surface area contributed by atoms with Crippen molar-refractivity contribution in [1.82, 2.24) is 4.90 Å². The van der Waals surface area contributed by atoms with Gasteiger partial charge in [-0.25, -0.2) is 0 Å². The van der Waals surface area contributed by atoms with Gasteiger partial charge < -0.3 is 23.9 Å². The molecule has 10 heteroatoms. The zero-order valence-electron chi connectivity index (χ0n) is 17.0. The first-order chi connectivity index (χ1) is 15.9. The Morgan fingerprint density at radius 3 is 2.55 bits per heavy atom. The van der Waals surface area contributed by atoms with E-state index in [9.17, 15) is 24.8 Å². The maximum Gasteiger partial charge on any atom is 0.296 e. The smallest absolute Gasteiger partial charge is 0.296 e. The van der Waals surface area contributed by atoms with Gasteiger partial charge in [0, 0.05) is 24.2 Å². The van der Waals surface area contributed by atoms with Crippen LogP contribution in [0.5, 0.6) is 11.5 Å². The van der Waals surface area contributed by atoms with Gasteiger partial charge in [-0.1, -0.05) is 6.07 Å². The molecule has 0 saturated carbocycles. The Morgan fingerprint density at radius 2 is 1.85 bits per heavy atom. The number of hydrogen-bond acceptors (Lipinski definition) is 8. The largest absolute Gasteiger partial charge is 0.507 e. The molecule has 1 fully saturated rings.